The number of aryl methyl sites for hydroxylation is 1. The minimum Gasteiger partial charge on any atom is -0.492 e. The molecule has 2 nitrogen and oxygen atoms in total. The molecule has 2 heterocycles. The Morgan fingerprint density at radius 1 is 1.00 bits per heavy atom. The first-order chi connectivity index (χ1) is 9.42. The summed E-state index contributed by atoms with van der Waals surface area (Å²) in [7, 11) is 0. The molecule has 0 bridgehead atoms. The zero-order chi connectivity index (χ0) is 12.7. The molecule has 0 saturated carbocycles. The zero-order valence-corrected chi connectivity index (χ0v) is 10.9. The van der Waals surface area contributed by atoms with Gasteiger partial charge in [-0.2, -0.15) is 0 Å². The van der Waals surface area contributed by atoms with Crippen molar-refractivity contribution >= 4 is 5.69 Å². The first-order valence-electron chi connectivity index (χ1n) is 7.04. The molecule has 0 saturated heterocycles. The highest BCUT2D eigenvalue weighted by molar-refractivity contribution is 5.76. The number of anilines is 1. The van der Waals surface area contributed by atoms with Crippen LogP contribution >= 0.6 is 0 Å². The van der Waals surface area contributed by atoms with Gasteiger partial charge in [-0.3, -0.25) is 0 Å². The van der Waals surface area contributed by atoms with E-state index in [9.17, 15) is 0 Å². The second-order valence-corrected chi connectivity index (χ2v) is 5.29. The van der Waals surface area contributed by atoms with E-state index in [4.69, 9.17) is 4.74 Å². The number of nitrogens with one attached hydrogen (secondary N) is 1. The van der Waals surface area contributed by atoms with Gasteiger partial charge in [0, 0.05) is 24.2 Å². The SMILES string of the molecule is c1cc2c(c(-c3ccc4c(c3)NCCC4)c1)OCC2. The quantitative estimate of drug-likeness (QED) is 0.835. The van der Waals surface area contributed by atoms with Crippen molar-refractivity contribution in [3.05, 3.63) is 47.5 Å². The topological polar surface area (TPSA) is 21.3 Å². The van der Waals surface area contributed by atoms with Crippen LogP contribution in [0.25, 0.3) is 11.1 Å². The average Bonchev–Trinajstić information content (AvgIpc) is 2.95. The van der Waals surface area contributed by atoms with Crippen molar-refractivity contribution in [3.63, 3.8) is 0 Å². The lowest BCUT2D eigenvalue weighted by atomic mass is 9.96. The van der Waals surface area contributed by atoms with Crippen LogP contribution in [-0.2, 0) is 12.8 Å². The Balaban J connectivity index is 1.83. The number of para-hydroxylation sites is 1. The third-order valence-corrected chi connectivity index (χ3v) is 4.07. The van der Waals surface area contributed by atoms with Gasteiger partial charge >= 0.3 is 0 Å². The van der Waals surface area contributed by atoms with E-state index in [-0.39, 0.29) is 0 Å². The molecule has 0 aliphatic carbocycles. The molecule has 2 aliphatic rings. The Labute approximate surface area is 113 Å². The lowest BCUT2D eigenvalue weighted by molar-refractivity contribution is 0.358. The summed E-state index contributed by atoms with van der Waals surface area (Å²) in [5, 5.41) is 3.50. The Morgan fingerprint density at radius 2 is 2.00 bits per heavy atom. The molecule has 0 unspecified atom stereocenters. The van der Waals surface area contributed by atoms with Crippen LogP contribution in [0.15, 0.2) is 36.4 Å². The molecule has 0 atom stereocenters. The van der Waals surface area contributed by atoms with Crippen molar-refractivity contribution in [1.29, 1.82) is 0 Å². The van der Waals surface area contributed by atoms with Crippen LogP contribution in [0.5, 0.6) is 5.75 Å². The van der Waals surface area contributed by atoms with Crippen LogP contribution in [0.3, 0.4) is 0 Å². The first kappa shape index (κ1) is 10.9. The predicted molar refractivity (Wildman–Crippen MR) is 77.9 cm³/mol. The van der Waals surface area contributed by atoms with Crippen molar-refractivity contribution in [2.24, 2.45) is 0 Å². The van der Waals surface area contributed by atoms with Gasteiger partial charge in [-0.25, -0.2) is 0 Å². The Hall–Kier alpha value is -1.96. The van der Waals surface area contributed by atoms with E-state index < -0.39 is 0 Å². The summed E-state index contributed by atoms with van der Waals surface area (Å²) in [6.07, 6.45) is 3.45. The van der Waals surface area contributed by atoms with E-state index in [0.29, 0.717) is 0 Å². The Morgan fingerprint density at radius 3 is 3.00 bits per heavy atom. The third kappa shape index (κ3) is 1.79. The van der Waals surface area contributed by atoms with Gasteiger partial charge in [0.2, 0.25) is 0 Å². The average molecular weight is 251 g/mol. The standard InChI is InChI=1S/C17H17NO/c1-3-13-8-10-19-17(13)15(5-1)14-7-6-12-4-2-9-18-16(12)11-14/h1,3,5-7,11,18H,2,4,8-10H2. The highest BCUT2D eigenvalue weighted by Gasteiger charge is 2.18. The number of benzene rings is 2. The van der Waals surface area contributed by atoms with E-state index in [2.05, 4.69) is 41.7 Å². The van der Waals surface area contributed by atoms with E-state index in [1.165, 1.54) is 40.8 Å². The highest BCUT2D eigenvalue weighted by Crippen LogP contribution is 2.38. The number of hydrogen-bond acceptors (Lipinski definition) is 2. The molecule has 0 aromatic heterocycles. The van der Waals surface area contributed by atoms with E-state index in [1.54, 1.807) is 0 Å². The van der Waals surface area contributed by atoms with E-state index >= 15 is 0 Å². The fraction of sp³-hybridized carbons (Fsp3) is 0.294. The largest absolute Gasteiger partial charge is 0.492 e. The molecule has 96 valence electrons. The molecule has 2 aromatic rings. The minimum absolute atomic E-state index is 0.815. The fourth-order valence-corrected chi connectivity index (χ4v) is 3.07. The summed E-state index contributed by atoms with van der Waals surface area (Å²) in [6.45, 7) is 1.90. The van der Waals surface area contributed by atoms with Gasteiger partial charge in [-0.1, -0.05) is 30.3 Å². The number of fused-ring (bicyclic) bond motifs is 2. The molecular formula is C17H17NO. The Bertz CT molecular complexity index is 633. The second kappa shape index (κ2) is 4.30. The molecular weight excluding hydrogens is 234 g/mol. The molecule has 0 spiro atoms. The van der Waals surface area contributed by atoms with Gasteiger partial charge in [-0.05, 0) is 35.6 Å². The van der Waals surface area contributed by atoms with Gasteiger partial charge in [-0.15, -0.1) is 0 Å². The predicted octanol–water partition coefficient (Wildman–Crippen LogP) is 3.65. The van der Waals surface area contributed by atoms with Crippen LogP contribution in [0, 0.1) is 0 Å². The molecule has 0 fully saturated rings. The molecule has 0 amide bonds. The molecule has 4 rings (SSSR count). The van der Waals surface area contributed by atoms with Crippen molar-refractivity contribution in [1.82, 2.24) is 0 Å². The van der Waals surface area contributed by atoms with Crippen LogP contribution in [0.2, 0.25) is 0 Å². The van der Waals surface area contributed by atoms with Gasteiger partial charge < -0.3 is 10.1 Å². The minimum atomic E-state index is 0.815. The lowest BCUT2D eigenvalue weighted by Gasteiger charge is -2.19. The Kier molecular flexibility index (Phi) is 2.47. The van der Waals surface area contributed by atoms with E-state index in [1.807, 2.05) is 0 Å². The molecule has 2 aliphatic heterocycles. The fourth-order valence-electron chi connectivity index (χ4n) is 3.07. The normalized spacial score (nSPS) is 16.2. The maximum Gasteiger partial charge on any atom is 0.130 e. The smallest absolute Gasteiger partial charge is 0.130 e. The summed E-state index contributed by atoms with van der Waals surface area (Å²) in [5.74, 6) is 1.08. The molecule has 0 radical (unpaired) electrons. The maximum atomic E-state index is 5.81. The second-order valence-electron chi connectivity index (χ2n) is 5.29. The highest BCUT2D eigenvalue weighted by atomic mass is 16.5. The molecule has 2 heteroatoms. The lowest BCUT2D eigenvalue weighted by Crippen LogP contribution is -2.11. The summed E-state index contributed by atoms with van der Waals surface area (Å²) in [5.41, 5.74) is 6.54. The summed E-state index contributed by atoms with van der Waals surface area (Å²) >= 11 is 0. The van der Waals surface area contributed by atoms with Gasteiger partial charge in [0.05, 0.1) is 6.61 Å². The van der Waals surface area contributed by atoms with Gasteiger partial charge in [0.25, 0.3) is 0 Å². The van der Waals surface area contributed by atoms with Crippen molar-refractivity contribution < 1.29 is 4.74 Å². The third-order valence-electron chi connectivity index (χ3n) is 4.07. The zero-order valence-electron chi connectivity index (χ0n) is 10.9. The van der Waals surface area contributed by atoms with Crippen molar-refractivity contribution in [2.45, 2.75) is 19.3 Å². The first-order valence-corrected chi connectivity index (χ1v) is 7.04. The van der Waals surface area contributed by atoms with Gasteiger partial charge in [0.15, 0.2) is 0 Å². The number of hydrogen-bond donors (Lipinski definition) is 1. The van der Waals surface area contributed by atoms with Crippen LogP contribution in [0.4, 0.5) is 5.69 Å². The van der Waals surface area contributed by atoms with E-state index in [0.717, 1.165) is 25.3 Å². The summed E-state index contributed by atoms with van der Waals surface area (Å²) in [4.78, 5) is 0. The molecule has 2 aromatic carbocycles. The number of ether oxygens (including phenoxy) is 1. The van der Waals surface area contributed by atoms with Crippen molar-refractivity contribution in [2.75, 3.05) is 18.5 Å². The van der Waals surface area contributed by atoms with Crippen molar-refractivity contribution in [3.8, 4) is 16.9 Å². The van der Waals surface area contributed by atoms with Crippen LogP contribution < -0.4 is 10.1 Å². The monoisotopic (exact) mass is 251 g/mol. The number of rotatable bonds is 1. The summed E-state index contributed by atoms with van der Waals surface area (Å²) in [6, 6.07) is 13.2. The van der Waals surface area contributed by atoms with Gasteiger partial charge in [0.1, 0.15) is 5.75 Å². The molecule has 19 heavy (non-hydrogen) atoms. The van der Waals surface area contributed by atoms with Crippen LogP contribution in [-0.4, -0.2) is 13.2 Å². The molecule has 1 N–H and O–H groups in total. The summed E-state index contributed by atoms with van der Waals surface area (Å²) < 4.78 is 5.81. The van der Waals surface area contributed by atoms with Crippen LogP contribution in [0.1, 0.15) is 17.5 Å². The maximum absolute atomic E-state index is 5.81.